The van der Waals surface area contributed by atoms with Crippen molar-refractivity contribution in [2.24, 2.45) is 10.8 Å². The van der Waals surface area contributed by atoms with Crippen molar-refractivity contribution in [3.63, 3.8) is 0 Å². The van der Waals surface area contributed by atoms with Crippen LogP contribution in [-0.4, -0.2) is 4.83 Å². The summed E-state index contributed by atoms with van der Waals surface area (Å²) >= 11 is 3.78. The molecule has 1 heteroatoms. The molecule has 0 nitrogen and oxygen atoms in total. The third-order valence-electron chi connectivity index (χ3n) is 4.44. The summed E-state index contributed by atoms with van der Waals surface area (Å²) in [5.74, 6) is 0. The summed E-state index contributed by atoms with van der Waals surface area (Å²) < 4.78 is 0. The quantitative estimate of drug-likeness (QED) is 0.618. The van der Waals surface area contributed by atoms with E-state index in [9.17, 15) is 0 Å². The first-order valence-electron chi connectivity index (χ1n) is 6.16. The number of alkyl halides is 1. The number of hydrogen-bond donors (Lipinski definition) is 0. The van der Waals surface area contributed by atoms with Gasteiger partial charge in [-0.1, -0.05) is 42.6 Å². The molecule has 0 bridgehead atoms. The summed E-state index contributed by atoms with van der Waals surface area (Å²) in [6.45, 7) is 5.03. The van der Waals surface area contributed by atoms with E-state index in [0.717, 1.165) is 4.83 Å². The van der Waals surface area contributed by atoms with Crippen LogP contribution < -0.4 is 0 Å². The van der Waals surface area contributed by atoms with Gasteiger partial charge in [-0.25, -0.2) is 0 Å². The first-order valence-corrected chi connectivity index (χ1v) is 7.07. The van der Waals surface area contributed by atoms with E-state index in [1.165, 1.54) is 51.4 Å². The Labute approximate surface area is 97.0 Å². The Morgan fingerprint density at radius 3 is 2.21 bits per heavy atom. The molecule has 14 heavy (non-hydrogen) atoms. The summed E-state index contributed by atoms with van der Waals surface area (Å²) in [6, 6.07) is 0. The molecule has 0 aromatic rings. The Morgan fingerprint density at radius 1 is 1.07 bits per heavy atom. The van der Waals surface area contributed by atoms with Crippen LogP contribution >= 0.6 is 15.9 Å². The molecule has 0 aliphatic heterocycles. The van der Waals surface area contributed by atoms with Crippen molar-refractivity contribution in [1.29, 1.82) is 0 Å². The molecule has 0 amide bonds. The van der Waals surface area contributed by atoms with E-state index >= 15 is 0 Å². The van der Waals surface area contributed by atoms with Gasteiger partial charge in [-0.2, -0.15) is 0 Å². The van der Waals surface area contributed by atoms with Gasteiger partial charge in [-0.05, 0) is 49.4 Å². The number of halogens is 1. The topological polar surface area (TPSA) is 0 Å². The molecule has 2 atom stereocenters. The first kappa shape index (κ1) is 11.0. The highest BCUT2D eigenvalue weighted by Crippen LogP contribution is 2.52. The van der Waals surface area contributed by atoms with E-state index in [0.29, 0.717) is 10.8 Å². The molecule has 2 aliphatic rings. The van der Waals surface area contributed by atoms with E-state index < -0.39 is 0 Å². The fourth-order valence-electron chi connectivity index (χ4n) is 3.84. The molecule has 2 fully saturated rings. The van der Waals surface area contributed by atoms with E-state index in [1.807, 2.05) is 0 Å². The molecule has 0 radical (unpaired) electrons. The van der Waals surface area contributed by atoms with Gasteiger partial charge in [0.05, 0.1) is 0 Å². The van der Waals surface area contributed by atoms with Crippen LogP contribution in [-0.2, 0) is 0 Å². The lowest BCUT2D eigenvalue weighted by molar-refractivity contribution is 0.169. The molecule has 0 aromatic heterocycles. The lowest BCUT2D eigenvalue weighted by Gasteiger charge is -2.34. The van der Waals surface area contributed by atoms with Crippen LogP contribution in [0.2, 0.25) is 0 Å². The number of hydrogen-bond acceptors (Lipinski definition) is 0. The molecule has 0 spiro atoms. The van der Waals surface area contributed by atoms with Gasteiger partial charge in [0.25, 0.3) is 0 Å². The van der Waals surface area contributed by atoms with Gasteiger partial charge in [0.2, 0.25) is 0 Å². The van der Waals surface area contributed by atoms with Crippen LogP contribution in [0.25, 0.3) is 0 Å². The van der Waals surface area contributed by atoms with Gasteiger partial charge in [-0.3, -0.25) is 0 Å². The predicted octanol–water partition coefficient (Wildman–Crippen LogP) is 4.91. The van der Waals surface area contributed by atoms with Crippen molar-refractivity contribution in [2.45, 2.75) is 70.0 Å². The average molecular weight is 259 g/mol. The zero-order chi connectivity index (χ0) is 10.2. The summed E-state index contributed by atoms with van der Waals surface area (Å²) in [4.78, 5) is 0.803. The summed E-state index contributed by atoms with van der Waals surface area (Å²) in [6.07, 6.45) is 11.6. The second-order valence-corrected chi connectivity index (χ2v) is 7.64. The zero-order valence-corrected chi connectivity index (χ0v) is 11.2. The standard InChI is InChI=1S/C13H23Br/c1-12(6-3-4-7-12)10-13(2)8-5-11(14)9-13/h11H,3-10H2,1-2H3. The van der Waals surface area contributed by atoms with Crippen LogP contribution in [0.5, 0.6) is 0 Å². The third kappa shape index (κ3) is 2.35. The van der Waals surface area contributed by atoms with Crippen LogP contribution in [0.3, 0.4) is 0 Å². The van der Waals surface area contributed by atoms with Gasteiger partial charge in [0.1, 0.15) is 0 Å². The minimum absolute atomic E-state index is 0.646. The first-order chi connectivity index (χ1) is 6.52. The fraction of sp³-hybridized carbons (Fsp3) is 1.00. The van der Waals surface area contributed by atoms with Crippen LogP contribution in [0.1, 0.15) is 65.2 Å². The van der Waals surface area contributed by atoms with E-state index in [2.05, 4.69) is 29.8 Å². The minimum atomic E-state index is 0.646. The van der Waals surface area contributed by atoms with Gasteiger partial charge in [-0.15, -0.1) is 0 Å². The van der Waals surface area contributed by atoms with E-state index in [-0.39, 0.29) is 0 Å². The number of rotatable bonds is 2. The average Bonchev–Trinajstić information content (AvgIpc) is 2.59. The minimum Gasteiger partial charge on any atom is -0.0890 e. The second kappa shape index (κ2) is 3.81. The van der Waals surface area contributed by atoms with Crippen molar-refractivity contribution in [3.8, 4) is 0 Å². The molecule has 2 rings (SSSR count). The molecule has 82 valence electrons. The van der Waals surface area contributed by atoms with Crippen molar-refractivity contribution in [3.05, 3.63) is 0 Å². The SMILES string of the molecule is CC1(CC2(C)CCC(Br)C2)CCCC1. The highest BCUT2D eigenvalue weighted by molar-refractivity contribution is 9.09. The lowest BCUT2D eigenvalue weighted by Crippen LogP contribution is -2.23. The van der Waals surface area contributed by atoms with Crippen molar-refractivity contribution < 1.29 is 0 Å². The smallest absolute Gasteiger partial charge is 0.0151 e. The monoisotopic (exact) mass is 258 g/mol. The summed E-state index contributed by atoms with van der Waals surface area (Å²) in [5, 5.41) is 0. The largest absolute Gasteiger partial charge is 0.0890 e. The van der Waals surface area contributed by atoms with Crippen LogP contribution in [0.4, 0.5) is 0 Å². The van der Waals surface area contributed by atoms with E-state index in [4.69, 9.17) is 0 Å². The highest BCUT2D eigenvalue weighted by atomic mass is 79.9. The lowest BCUT2D eigenvalue weighted by atomic mass is 9.71. The van der Waals surface area contributed by atoms with Crippen LogP contribution in [0.15, 0.2) is 0 Å². The Kier molecular flexibility index (Phi) is 2.99. The predicted molar refractivity (Wildman–Crippen MR) is 65.9 cm³/mol. The van der Waals surface area contributed by atoms with Gasteiger partial charge < -0.3 is 0 Å². The van der Waals surface area contributed by atoms with Crippen molar-refractivity contribution in [1.82, 2.24) is 0 Å². The second-order valence-electron chi connectivity index (χ2n) is 6.35. The molecule has 0 aromatic carbocycles. The molecule has 0 heterocycles. The molecular weight excluding hydrogens is 236 g/mol. The normalized spacial score (nSPS) is 41.8. The maximum absolute atomic E-state index is 3.78. The molecule has 0 saturated heterocycles. The summed E-state index contributed by atoms with van der Waals surface area (Å²) in [7, 11) is 0. The van der Waals surface area contributed by atoms with Gasteiger partial charge in [0, 0.05) is 4.83 Å². The van der Waals surface area contributed by atoms with Crippen LogP contribution in [0, 0.1) is 10.8 Å². The molecule has 2 aliphatic carbocycles. The van der Waals surface area contributed by atoms with Gasteiger partial charge >= 0.3 is 0 Å². The fourth-order valence-corrected chi connectivity index (χ4v) is 4.85. The Morgan fingerprint density at radius 2 is 1.71 bits per heavy atom. The molecule has 2 saturated carbocycles. The molecule has 2 unspecified atom stereocenters. The Hall–Kier alpha value is 0.480. The Balaban J connectivity index is 1.96. The Bertz CT molecular complexity index is 205. The third-order valence-corrected chi connectivity index (χ3v) is 5.22. The highest BCUT2D eigenvalue weighted by Gasteiger charge is 2.41. The van der Waals surface area contributed by atoms with Crippen molar-refractivity contribution in [2.75, 3.05) is 0 Å². The summed E-state index contributed by atoms with van der Waals surface area (Å²) in [5.41, 5.74) is 1.33. The zero-order valence-electron chi connectivity index (χ0n) is 9.61. The maximum atomic E-state index is 3.78. The molecular formula is C13H23Br. The van der Waals surface area contributed by atoms with Gasteiger partial charge in [0.15, 0.2) is 0 Å². The maximum Gasteiger partial charge on any atom is 0.0151 e. The van der Waals surface area contributed by atoms with E-state index in [1.54, 1.807) is 0 Å². The molecule has 0 N–H and O–H groups in total. The van der Waals surface area contributed by atoms with Crippen molar-refractivity contribution >= 4 is 15.9 Å².